The van der Waals surface area contributed by atoms with Crippen molar-refractivity contribution in [3.05, 3.63) is 23.5 Å². The number of ether oxygens (including phenoxy) is 1. The number of nitrogens with zero attached hydrogens (tertiary/aromatic N) is 1. The van der Waals surface area contributed by atoms with Gasteiger partial charge in [-0.1, -0.05) is 6.92 Å². The van der Waals surface area contributed by atoms with E-state index in [9.17, 15) is 9.50 Å². The SMILES string of the molecule is CCCN(C(C)C)[C@H]1COc2c(F)ccc(O)c2C1. The maximum atomic E-state index is 13.6. The van der Waals surface area contributed by atoms with Crippen LogP contribution >= 0.6 is 0 Å². The van der Waals surface area contributed by atoms with Gasteiger partial charge in [0.1, 0.15) is 12.4 Å². The van der Waals surface area contributed by atoms with Crippen LogP contribution in [-0.2, 0) is 6.42 Å². The zero-order chi connectivity index (χ0) is 14.0. The van der Waals surface area contributed by atoms with E-state index in [1.807, 2.05) is 0 Å². The van der Waals surface area contributed by atoms with Gasteiger partial charge in [-0.25, -0.2) is 4.39 Å². The van der Waals surface area contributed by atoms with Gasteiger partial charge in [0.2, 0.25) is 0 Å². The van der Waals surface area contributed by atoms with Gasteiger partial charge in [-0.3, -0.25) is 4.90 Å². The fourth-order valence-corrected chi connectivity index (χ4v) is 2.75. The van der Waals surface area contributed by atoms with Crippen LogP contribution in [0.15, 0.2) is 12.1 Å². The number of hydrogen-bond donors (Lipinski definition) is 1. The van der Waals surface area contributed by atoms with Crippen molar-refractivity contribution in [3.8, 4) is 11.5 Å². The molecule has 3 nitrogen and oxygen atoms in total. The molecule has 0 saturated heterocycles. The smallest absolute Gasteiger partial charge is 0.165 e. The zero-order valence-electron chi connectivity index (χ0n) is 11.8. The van der Waals surface area contributed by atoms with Crippen molar-refractivity contribution in [1.82, 2.24) is 4.90 Å². The molecule has 2 rings (SSSR count). The molecule has 0 fully saturated rings. The molecular weight excluding hydrogens is 245 g/mol. The van der Waals surface area contributed by atoms with Gasteiger partial charge in [-0.05, 0) is 45.4 Å². The van der Waals surface area contributed by atoms with Gasteiger partial charge in [0.15, 0.2) is 11.6 Å². The number of benzene rings is 1. The maximum absolute atomic E-state index is 13.6. The molecule has 106 valence electrons. The quantitative estimate of drug-likeness (QED) is 0.910. The Morgan fingerprint density at radius 2 is 2.21 bits per heavy atom. The Bertz CT molecular complexity index is 448. The average Bonchev–Trinajstić information content (AvgIpc) is 2.39. The standard InChI is InChI=1S/C15H22FNO2/c1-4-7-17(10(2)3)11-8-12-14(18)6-5-13(16)15(12)19-9-11/h5-6,10-11,18H,4,7-9H2,1-3H3/t11-/m1/s1. The van der Waals surface area contributed by atoms with Crippen LogP contribution in [0.3, 0.4) is 0 Å². The molecule has 1 heterocycles. The maximum Gasteiger partial charge on any atom is 0.165 e. The Kier molecular flexibility index (Phi) is 4.30. The van der Waals surface area contributed by atoms with Gasteiger partial charge in [-0.2, -0.15) is 0 Å². The molecule has 0 aromatic heterocycles. The van der Waals surface area contributed by atoms with Crippen LogP contribution in [0.1, 0.15) is 32.8 Å². The van der Waals surface area contributed by atoms with Crippen molar-refractivity contribution in [1.29, 1.82) is 0 Å². The lowest BCUT2D eigenvalue weighted by molar-refractivity contribution is 0.0891. The molecule has 1 aromatic carbocycles. The molecule has 1 aliphatic heterocycles. The summed E-state index contributed by atoms with van der Waals surface area (Å²) in [6, 6.07) is 3.26. The molecule has 1 aliphatic rings. The molecule has 1 N–H and O–H groups in total. The van der Waals surface area contributed by atoms with Crippen LogP contribution in [0, 0.1) is 5.82 Å². The number of fused-ring (bicyclic) bond motifs is 1. The Hall–Kier alpha value is -1.29. The molecule has 1 aromatic rings. The van der Waals surface area contributed by atoms with Crippen molar-refractivity contribution >= 4 is 0 Å². The summed E-state index contributed by atoms with van der Waals surface area (Å²) in [7, 11) is 0. The molecule has 0 aliphatic carbocycles. The lowest BCUT2D eigenvalue weighted by atomic mass is 9.99. The van der Waals surface area contributed by atoms with Crippen LogP contribution in [0.25, 0.3) is 0 Å². The molecule has 0 unspecified atom stereocenters. The summed E-state index contributed by atoms with van der Waals surface area (Å²) in [5.74, 6) is -0.0457. The van der Waals surface area contributed by atoms with Crippen molar-refractivity contribution in [2.24, 2.45) is 0 Å². The van der Waals surface area contributed by atoms with E-state index in [1.165, 1.54) is 12.1 Å². The van der Waals surface area contributed by atoms with Gasteiger partial charge in [0, 0.05) is 17.6 Å². The summed E-state index contributed by atoms with van der Waals surface area (Å²) in [6.45, 7) is 7.90. The van der Waals surface area contributed by atoms with Crippen molar-refractivity contribution < 1.29 is 14.2 Å². The number of aromatic hydroxyl groups is 1. The Labute approximate surface area is 114 Å². The number of phenolic OH excluding ortho intramolecular Hbond substituents is 1. The second-order valence-corrected chi connectivity index (χ2v) is 5.37. The average molecular weight is 267 g/mol. The second kappa shape index (κ2) is 5.78. The summed E-state index contributed by atoms with van der Waals surface area (Å²) >= 11 is 0. The predicted octanol–water partition coefficient (Wildman–Crippen LogP) is 2.96. The van der Waals surface area contributed by atoms with Crippen molar-refractivity contribution in [2.75, 3.05) is 13.2 Å². The fourth-order valence-electron chi connectivity index (χ4n) is 2.75. The van der Waals surface area contributed by atoms with E-state index in [0.717, 1.165) is 13.0 Å². The van der Waals surface area contributed by atoms with E-state index < -0.39 is 5.82 Å². The normalized spacial score (nSPS) is 18.5. The number of rotatable bonds is 4. The van der Waals surface area contributed by atoms with Gasteiger partial charge in [-0.15, -0.1) is 0 Å². The van der Waals surface area contributed by atoms with Gasteiger partial charge < -0.3 is 9.84 Å². The van der Waals surface area contributed by atoms with Crippen LogP contribution < -0.4 is 4.74 Å². The highest BCUT2D eigenvalue weighted by Gasteiger charge is 2.29. The zero-order valence-corrected chi connectivity index (χ0v) is 11.8. The Balaban J connectivity index is 2.23. The fraction of sp³-hybridized carbons (Fsp3) is 0.600. The van der Waals surface area contributed by atoms with E-state index >= 15 is 0 Å². The topological polar surface area (TPSA) is 32.7 Å². The van der Waals surface area contributed by atoms with E-state index in [-0.39, 0.29) is 17.5 Å². The number of hydrogen-bond acceptors (Lipinski definition) is 3. The molecule has 0 radical (unpaired) electrons. The summed E-state index contributed by atoms with van der Waals surface area (Å²) in [5, 5.41) is 9.88. The summed E-state index contributed by atoms with van der Waals surface area (Å²) in [4.78, 5) is 2.35. The lowest BCUT2D eigenvalue weighted by Crippen LogP contribution is -2.47. The molecule has 0 bridgehead atoms. The first-order valence-electron chi connectivity index (χ1n) is 6.93. The van der Waals surface area contributed by atoms with Crippen LogP contribution in [-0.4, -0.2) is 35.2 Å². The third-order valence-electron chi connectivity index (χ3n) is 3.66. The number of halogens is 1. The van der Waals surface area contributed by atoms with Gasteiger partial charge in [0.05, 0.1) is 0 Å². The highest BCUT2D eigenvalue weighted by molar-refractivity contribution is 5.46. The molecule has 4 heteroatoms. The minimum absolute atomic E-state index is 0.126. The molecule has 0 spiro atoms. The van der Waals surface area contributed by atoms with Crippen LogP contribution in [0.4, 0.5) is 4.39 Å². The first kappa shape index (κ1) is 14.1. The van der Waals surface area contributed by atoms with E-state index in [0.29, 0.717) is 24.6 Å². The molecule has 19 heavy (non-hydrogen) atoms. The third kappa shape index (κ3) is 2.84. The van der Waals surface area contributed by atoms with E-state index in [4.69, 9.17) is 4.74 Å². The monoisotopic (exact) mass is 267 g/mol. The predicted molar refractivity (Wildman–Crippen MR) is 73.2 cm³/mol. The highest BCUT2D eigenvalue weighted by atomic mass is 19.1. The van der Waals surface area contributed by atoms with E-state index in [2.05, 4.69) is 25.7 Å². The van der Waals surface area contributed by atoms with Crippen molar-refractivity contribution in [3.63, 3.8) is 0 Å². The van der Waals surface area contributed by atoms with Gasteiger partial charge >= 0.3 is 0 Å². The number of phenols is 1. The molecule has 1 atom stereocenters. The van der Waals surface area contributed by atoms with E-state index in [1.54, 1.807) is 0 Å². The highest BCUT2D eigenvalue weighted by Crippen LogP contribution is 2.35. The molecule has 0 saturated carbocycles. The Morgan fingerprint density at radius 3 is 2.84 bits per heavy atom. The summed E-state index contributed by atoms with van der Waals surface area (Å²) in [5.41, 5.74) is 0.595. The van der Waals surface area contributed by atoms with Crippen molar-refractivity contribution in [2.45, 2.75) is 45.7 Å². The second-order valence-electron chi connectivity index (χ2n) is 5.37. The third-order valence-corrected chi connectivity index (χ3v) is 3.66. The first-order valence-corrected chi connectivity index (χ1v) is 6.93. The van der Waals surface area contributed by atoms with Crippen LogP contribution in [0.5, 0.6) is 11.5 Å². The largest absolute Gasteiger partial charge is 0.508 e. The lowest BCUT2D eigenvalue weighted by Gasteiger charge is -2.37. The van der Waals surface area contributed by atoms with Gasteiger partial charge in [0.25, 0.3) is 0 Å². The summed E-state index contributed by atoms with van der Waals surface area (Å²) < 4.78 is 19.2. The van der Waals surface area contributed by atoms with Crippen LogP contribution in [0.2, 0.25) is 0 Å². The Morgan fingerprint density at radius 1 is 1.47 bits per heavy atom. The molecule has 0 amide bonds. The first-order chi connectivity index (χ1) is 9.04. The minimum Gasteiger partial charge on any atom is -0.508 e. The minimum atomic E-state index is -0.391. The molecular formula is C15H22FNO2. The summed E-state index contributed by atoms with van der Waals surface area (Å²) in [6.07, 6.45) is 1.70.